The zero-order chi connectivity index (χ0) is 23.8. The quantitative estimate of drug-likeness (QED) is 0.539. The Kier molecular flexibility index (Phi) is 7.46. The molecular weight excluding hydrogens is 426 g/mol. The molecule has 0 aliphatic carbocycles. The largest absolute Gasteiger partial charge is 0.495 e. The molecule has 0 bridgehead atoms. The molecule has 0 aromatic heterocycles. The predicted octanol–water partition coefficient (Wildman–Crippen LogP) is 4.92. The van der Waals surface area contributed by atoms with E-state index in [0.29, 0.717) is 23.7 Å². The van der Waals surface area contributed by atoms with Gasteiger partial charge in [-0.2, -0.15) is 0 Å². The van der Waals surface area contributed by atoms with Crippen LogP contribution in [0.3, 0.4) is 0 Å². The Bertz CT molecular complexity index is 1200. The van der Waals surface area contributed by atoms with Crippen LogP contribution in [0.15, 0.2) is 78.9 Å². The zero-order valence-corrected chi connectivity index (χ0v) is 19.1. The summed E-state index contributed by atoms with van der Waals surface area (Å²) in [5, 5.41) is 5.57. The highest BCUT2D eigenvalue weighted by Gasteiger charge is 2.27. The fraction of sp³-hybridized carbons (Fsp3) is 0.214. The topological polar surface area (TPSA) is 70.7 Å². The number of amides is 3. The van der Waals surface area contributed by atoms with Gasteiger partial charge in [0.05, 0.1) is 25.3 Å². The number of likely N-dealkylation sites (tertiary alicyclic amines) is 1. The highest BCUT2D eigenvalue weighted by atomic mass is 16.5. The maximum absolute atomic E-state index is 13.0. The molecule has 0 saturated carbocycles. The Morgan fingerprint density at radius 1 is 1.00 bits per heavy atom. The van der Waals surface area contributed by atoms with Crippen LogP contribution in [0.1, 0.15) is 24.0 Å². The van der Waals surface area contributed by atoms with E-state index in [4.69, 9.17) is 4.74 Å². The minimum atomic E-state index is -0.370. The fourth-order valence-electron chi connectivity index (χ4n) is 3.93. The molecule has 2 N–H and O–H groups in total. The Morgan fingerprint density at radius 2 is 1.74 bits per heavy atom. The first kappa shape index (κ1) is 22.9. The van der Waals surface area contributed by atoms with Crippen LogP contribution in [0.2, 0.25) is 0 Å². The van der Waals surface area contributed by atoms with Crippen LogP contribution in [-0.4, -0.2) is 36.5 Å². The molecule has 1 unspecified atom stereocenters. The van der Waals surface area contributed by atoms with Gasteiger partial charge in [0.1, 0.15) is 5.75 Å². The summed E-state index contributed by atoms with van der Waals surface area (Å²) in [5.41, 5.74) is 2.99. The number of benzene rings is 3. The average molecular weight is 454 g/mol. The molecule has 172 valence electrons. The molecular formula is C28H27N3O3. The van der Waals surface area contributed by atoms with Gasteiger partial charge in [0.25, 0.3) is 0 Å². The molecule has 1 heterocycles. The molecule has 3 amide bonds. The molecule has 1 aliphatic rings. The molecule has 6 nitrogen and oxygen atoms in total. The number of carbonyl (C=O) groups is 2. The molecule has 3 aromatic rings. The number of nitrogens with one attached hydrogen (secondary N) is 2. The number of anilines is 2. The summed E-state index contributed by atoms with van der Waals surface area (Å²) in [6.07, 6.45) is 2.08. The molecule has 1 aliphatic heterocycles. The van der Waals surface area contributed by atoms with Gasteiger partial charge < -0.3 is 20.3 Å². The molecule has 0 spiro atoms. The third-order valence-electron chi connectivity index (χ3n) is 5.63. The van der Waals surface area contributed by atoms with Gasteiger partial charge in [-0.05, 0) is 54.8 Å². The van der Waals surface area contributed by atoms with Gasteiger partial charge in [-0.15, -0.1) is 0 Å². The standard InChI is InChI=1S/C28H27N3O3/c1-34-26-19-22(15-17-25(26)30-28(33)29-23-11-6-3-7-12-23)20-27(32)31-18-8-13-24(31)16-14-21-9-4-2-5-10-21/h2-7,9-12,15,17,19,24H,8,13,18,20H2,1H3,(H2,29,30,33). The third-order valence-corrected chi connectivity index (χ3v) is 5.63. The van der Waals surface area contributed by atoms with Crippen LogP contribution in [0.4, 0.5) is 16.2 Å². The van der Waals surface area contributed by atoms with E-state index in [-0.39, 0.29) is 24.4 Å². The van der Waals surface area contributed by atoms with E-state index in [0.717, 1.165) is 24.0 Å². The normalized spacial score (nSPS) is 14.6. The maximum atomic E-state index is 13.0. The number of hydrogen-bond acceptors (Lipinski definition) is 3. The summed E-state index contributed by atoms with van der Waals surface area (Å²) in [6, 6.07) is 23.9. The van der Waals surface area contributed by atoms with E-state index < -0.39 is 0 Å². The number of methoxy groups -OCH3 is 1. The zero-order valence-electron chi connectivity index (χ0n) is 19.1. The van der Waals surface area contributed by atoms with Crippen molar-refractivity contribution < 1.29 is 14.3 Å². The predicted molar refractivity (Wildman–Crippen MR) is 134 cm³/mol. The number of carbonyl (C=O) groups excluding carboxylic acids is 2. The lowest BCUT2D eigenvalue weighted by molar-refractivity contribution is -0.130. The Morgan fingerprint density at radius 3 is 2.47 bits per heavy atom. The molecule has 0 radical (unpaired) electrons. The van der Waals surface area contributed by atoms with Crippen molar-refractivity contribution in [2.75, 3.05) is 24.3 Å². The number of urea groups is 1. The second-order valence-corrected chi connectivity index (χ2v) is 8.04. The molecule has 4 rings (SSSR count). The minimum Gasteiger partial charge on any atom is -0.495 e. The number of ether oxygens (including phenoxy) is 1. The van der Waals surface area contributed by atoms with Gasteiger partial charge in [-0.3, -0.25) is 4.79 Å². The van der Waals surface area contributed by atoms with Crippen molar-refractivity contribution in [3.8, 4) is 17.6 Å². The van der Waals surface area contributed by atoms with E-state index in [1.807, 2.05) is 59.5 Å². The van der Waals surface area contributed by atoms with Crippen molar-refractivity contribution in [2.24, 2.45) is 0 Å². The van der Waals surface area contributed by atoms with E-state index in [9.17, 15) is 9.59 Å². The van der Waals surface area contributed by atoms with Crippen molar-refractivity contribution in [3.63, 3.8) is 0 Å². The first-order valence-corrected chi connectivity index (χ1v) is 11.3. The van der Waals surface area contributed by atoms with Crippen LogP contribution in [0.5, 0.6) is 5.75 Å². The monoisotopic (exact) mass is 453 g/mol. The van der Waals surface area contributed by atoms with Crippen molar-refractivity contribution >= 4 is 23.3 Å². The first-order chi connectivity index (χ1) is 16.6. The summed E-state index contributed by atoms with van der Waals surface area (Å²) in [5.74, 6) is 6.98. The molecule has 34 heavy (non-hydrogen) atoms. The van der Waals surface area contributed by atoms with Gasteiger partial charge in [-0.25, -0.2) is 4.79 Å². The molecule has 1 saturated heterocycles. The van der Waals surface area contributed by atoms with Gasteiger partial charge in [0, 0.05) is 17.8 Å². The lowest BCUT2D eigenvalue weighted by Gasteiger charge is -2.21. The van der Waals surface area contributed by atoms with Crippen LogP contribution in [0.25, 0.3) is 0 Å². The van der Waals surface area contributed by atoms with E-state index in [2.05, 4.69) is 22.5 Å². The summed E-state index contributed by atoms with van der Waals surface area (Å²) in [6.45, 7) is 0.712. The van der Waals surface area contributed by atoms with Crippen LogP contribution in [0, 0.1) is 11.8 Å². The van der Waals surface area contributed by atoms with Crippen LogP contribution >= 0.6 is 0 Å². The molecule has 1 fully saturated rings. The van der Waals surface area contributed by atoms with Crippen LogP contribution < -0.4 is 15.4 Å². The second kappa shape index (κ2) is 11.1. The number of hydrogen-bond donors (Lipinski definition) is 2. The Balaban J connectivity index is 1.40. The van der Waals surface area contributed by atoms with Gasteiger partial charge >= 0.3 is 6.03 Å². The first-order valence-electron chi connectivity index (χ1n) is 11.3. The molecule has 3 aromatic carbocycles. The molecule has 6 heteroatoms. The smallest absolute Gasteiger partial charge is 0.323 e. The SMILES string of the molecule is COc1cc(CC(=O)N2CCCC2C#Cc2ccccc2)ccc1NC(=O)Nc1ccccc1. The van der Waals surface area contributed by atoms with E-state index >= 15 is 0 Å². The highest BCUT2D eigenvalue weighted by Crippen LogP contribution is 2.27. The van der Waals surface area contributed by atoms with Crippen molar-refractivity contribution in [1.29, 1.82) is 0 Å². The lowest BCUT2D eigenvalue weighted by Crippen LogP contribution is -2.35. The summed E-state index contributed by atoms with van der Waals surface area (Å²) < 4.78 is 5.46. The maximum Gasteiger partial charge on any atom is 0.323 e. The molecule has 1 atom stereocenters. The third kappa shape index (κ3) is 5.96. The second-order valence-electron chi connectivity index (χ2n) is 8.04. The van der Waals surface area contributed by atoms with Gasteiger partial charge in [-0.1, -0.05) is 54.3 Å². The fourth-order valence-corrected chi connectivity index (χ4v) is 3.93. The highest BCUT2D eigenvalue weighted by molar-refractivity contribution is 6.00. The minimum absolute atomic E-state index is 0.0365. The van der Waals surface area contributed by atoms with E-state index in [1.165, 1.54) is 7.11 Å². The van der Waals surface area contributed by atoms with Crippen LogP contribution in [-0.2, 0) is 11.2 Å². The summed E-state index contributed by atoms with van der Waals surface area (Å²) in [7, 11) is 1.54. The summed E-state index contributed by atoms with van der Waals surface area (Å²) in [4.78, 5) is 27.2. The number of nitrogens with zero attached hydrogens (tertiary/aromatic N) is 1. The summed E-state index contributed by atoms with van der Waals surface area (Å²) >= 11 is 0. The Labute approximate surface area is 199 Å². The van der Waals surface area contributed by atoms with Crippen molar-refractivity contribution in [2.45, 2.75) is 25.3 Å². The number of para-hydroxylation sites is 1. The van der Waals surface area contributed by atoms with Crippen molar-refractivity contribution in [1.82, 2.24) is 4.90 Å². The Hall–Kier alpha value is -4.24. The van der Waals surface area contributed by atoms with Crippen molar-refractivity contribution in [3.05, 3.63) is 90.0 Å². The van der Waals surface area contributed by atoms with E-state index in [1.54, 1.807) is 24.3 Å². The number of rotatable bonds is 5. The van der Waals surface area contributed by atoms with Gasteiger partial charge in [0.2, 0.25) is 5.91 Å². The lowest BCUT2D eigenvalue weighted by atomic mass is 10.1. The average Bonchev–Trinajstić information content (AvgIpc) is 3.34. The van der Waals surface area contributed by atoms with Gasteiger partial charge in [0.15, 0.2) is 0 Å².